The summed E-state index contributed by atoms with van der Waals surface area (Å²) in [6.07, 6.45) is 3.40. The van der Waals surface area contributed by atoms with Crippen molar-refractivity contribution in [2.75, 3.05) is 18.3 Å². The van der Waals surface area contributed by atoms with E-state index in [9.17, 15) is 4.79 Å². The number of thioether (sulfide) groups is 1. The van der Waals surface area contributed by atoms with E-state index in [1.807, 2.05) is 54.7 Å². The number of aromatic nitrogens is 4. The van der Waals surface area contributed by atoms with E-state index in [4.69, 9.17) is 9.84 Å². The third kappa shape index (κ3) is 3.42. The molecule has 3 aromatic heterocycles. The molecule has 40 heavy (non-hydrogen) atoms. The van der Waals surface area contributed by atoms with Crippen molar-refractivity contribution in [1.82, 2.24) is 25.2 Å². The van der Waals surface area contributed by atoms with E-state index in [0.29, 0.717) is 5.75 Å². The minimum Gasteiger partial charge on any atom is -0.497 e. The number of nitrogens with zero attached hydrogens (tertiary/aromatic N) is 5. The summed E-state index contributed by atoms with van der Waals surface area (Å²) in [4.78, 5) is 22.8. The SMILES string of the molecule is COc1ccc(C2SCC(=O)N2Nc2cccc3c4ccccc4c4c(nnc5sc6cncnc6c54)c23)cc1. The molecule has 4 aromatic carbocycles. The molecule has 7 aromatic rings. The molecule has 194 valence electrons. The lowest BCUT2D eigenvalue weighted by atomic mass is 9.95. The topological polar surface area (TPSA) is 93.1 Å². The van der Waals surface area contributed by atoms with Crippen molar-refractivity contribution in [3.8, 4) is 5.75 Å². The summed E-state index contributed by atoms with van der Waals surface area (Å²) < 4.78 is 6.30. The molecule has 8 rings (SSSR count). The van der Waals surface area contributed by atoms with Gasteiger partial charge < -0.3 is 4.74 Å². The molecule has 0 aliphatic carbocycles. The van der Waals surface area contributed by atoms with Crippen LogP contribution in [0, 0.1) is 0 Å². The summed E-state index contributed by atoms with van der Waals surface area (Å²) in [6, 6.07) is 22.3. The van der Waals surface area contributed by atoms with Crippen molar-refractivity contribution in [2.45, 2.75) is 5.37 Å². The Balaban J connectivity index is 1.38. The van der Waals surface area contributed by atoms with E-state index in [0.717, 1.165) is 69.9 Å². The van der Waals surface area contributed by atoms with Gasteiger partial charge in [0.1, 0.15) is 27.8 Å². The van der Waals surface area contributed by atoms with Crippen LogP contribution in [0.1, 0.15) is 10.9 Å². The van der Waals surface area contributed by atoms with Gasteiger partial charge in [-0.3, -0.25) is 10.2 Å². The van der Waals surface area contributed by atoms with Crippen LogP contribution in [0.4, 0.5) is 5.69 Å². The summed E-state index contributed by atoms with van der Waals surface area (Å²) in [5.74, 6) is 1.18. The smallest absolute Gasteiger partial charge is 0.252 e. The van der Waals surface area contributed by atoms with E-state index in [2.05, 4.69) is 38.7 Å². The average Bonchev–Trinajstić information content (AvgIpc) is 3.57. The molecule has 1 amide bonds. The second-order valence-electron chi connectivity index (χ2n) is 9.53. The predicted octanol–water partition coefficient (Wildman–Crippen LogP) is 6.70. The summed E-state index contributed by atoms with van der Waals surface area (Å²) in [5, 5.41) is 17.1. The van der Waals surface area contributed by atoms with Gasteiger partial charge in [-0.2, -0.15) is 0 Å². The summed E-state index contributed by atoms with van der Waals surface area (Å²) in [6.45, 7) is 0. The number of thiophene rings is 1. The first-order valence-corrected chi connectivity index (χ1v) is 14.5. The summed E-state index contributed by atoms with van der Waals surface area (Å²) >= 11 is 3.14. The number of anilines is 1. The maximum Gasteiger partial charge on any atom is 0.252 e. The minimum absolute atomic E-state index is 0.0157. The van der Waals surface area contributed by atoms with E-state index in [1.165, 1.54) is 0 Å². The predicted molar refractivity (Wildman–Crippen MR) is 162 cm³/mol. The fourth-order valence-corrected chi connectivity index (χ4v) is 7.65. The van der Waals surface area contributed by atoms with Crippen LogP contribution in [0.15, 0.2) is 79.3 Å². The zero-order valence-electron chi connectivity index (χ0n) is 21.2. The zero-order chi connectivity index (χ0) is 26.8. The first-order valence-electron chi connectivity index (χ1n) is 12.7. The van der Waals surface area contributed by atoms with Crippen LogP contribution in [0.25, 0.3) is 52.9 Å². The highest BCUT2D eigenvalue weighted by Crippen LogP contribution is 2.45. The first kappa shape index (κ1) is 23.4. The van der Waals surface area contributed by atoms with Gasteiger partial charge in [0.2, 0.25) is 0 Å². The molecule has 1 N–H and O–H groups in total. The zero-order valence-corrected chi connectivity index (χ0v) is 22.8. The van der Waals surface area contributed by atoms with Gasteiger partial charge in [-0.05, 0) is 39.9 Å². The third-order valence-electron chi connectivity index (χ3n) is 7.36. The van der Waals surface area contributed by atoms with Crippen molar-refractivity contribution in [1.29, 1.82) is 0 Å². The van der Waals surface area contributed by atoms with Crippen LogP contribution in [0.2, 0.25) is 0 Å². The molecule has 1 aliphatic heterocycles. The Morgan fingerprint density at radius 3 is 2.55 bits per heavy atom. The van der Waals surface area contributed by atoms with Gasteiger partial charge in [-0.25, -0.2) is 15.0 Å². The minimum atomic E-state index is -0.185. The van der Waals surface area contributed by atoms with Gasteiger partial charge >= 0.3 is 0 Å². The van der Waals surface area contributed by atoms with Crippen LogP contribution in [-0.2, 0) is 4.79 Å². The van der Waals surface area contributed by atoms with E-state index in [-0.39, 0.29) is 11.3 Å². The van der Waals surface area contributed by atoms with E-state index in [1.54, 1.807) is 41.5 Å². The van der Waals surface area contributed by atoms with Gasteiger partial charge in [0.15, 0.2) is 0 Å². The number of benzene rings is 4. The quantitative estimate of drug-likeness (QED) is 0.238. The standard InChI is InChI=1S/C30H20N6O2S2/c1-38-17-11-9-16(10-12-17)30-36(23(37)14-39-30)35-21-8-4-7-19-18-5-2-3-6-20(18)25-26-27-22(13-31-15-32-27)40-29(26)34-33-28(25)24(19)21/h2-13,15,30,35H,14H2,1H3. The second kappa shape index (κ2) is 9.00. The number of nitrogens with one attached hydrogen (secondary N) is 1. The number of hydrogen-bond donors (Lipinski definition) is 1. The Kier molecular flexibility index (Phi) is 5.26. The Hall–Kier alpha value is -4.54. The van der Waals surface area contributed by atoms with Crippen molar-refractivity contribution in [3.05, 3.63) is 84.8 Å². The fourth-order valence-electron chi connectivity index (χ4n) is 5.58. The van der Waals surface area contributed by atoms with Gasteiger partial charge in [-0.1, -0.05) is 48.5 Å². The van der Waals surface area contributed by atoms with Gasteiger partial charge in [0.05, 0.1) is 28.8 Å². The Labute approximate surface area is 236 Å². The summed E-state index contributed by atoms with van der Waals surface area (Å²) in [7, 11) is 1.65. The summed E-state index contributed by atoms with van der Waals surface area (Å²) in [5.41, 5.74) is 6.94. The van der Waals surface area contributed by atoms with Crippen molar-refractivity contribution >= 4 is 87.6 Å². The number of ether oxygens (including phenoxy) is 1. The van der Waals surface area contributed by atoms with Crippen LogP contribution in [-0.4, -0.2) is 43.9 Å². The lowest BCUT2D eigenvalue weighted by Gasteiger charge is -2.27. The molecule has 1 atom stereocenters. The molecule has 0 saturated carbocycles. The molecule has 10 heteroatoms. The maximum absolute atomic E-state index is 13.2. The molecular weight excluding hydrogens is 541 g/mol. The molecule has 1 aliphatic rings. The molecule has 1 fully saturated rings. The van der Waals surface area contributed by atoms with Crippen molar-refractivity contribution in [3.63, 3.8) is 0 Å². The largest absolute Gasteiger partial charge is 0.497 e. The highest BCUT2D eigenvalue weighted by molar-refractivity contribution is 8.00. The lowest BCUT2D eigenvalue weighted by Crippen LogP contribution is -2.33. The van der Waals surface area contributed by atoms with Crippen molar-refractivity contribution in [2.24, 2.45) is 0 Å². The molecule has 0 spiro atoms. The number of hydrogen-bond acceptors (Lipinski definition) is 9. The number of amides is 1. The van der Waals surface area contributed by atoms with Crippen molar-refractivity contribution < 1.29 is 9.53 Å². The molecule has 0 bridgehead atoms. The van der Waals surface area contributed by atoms with Gasteiger partial charge in [0.25, 0.3) is 5.91 Å². The molecule has 1 unspecified atom stereocenters. The normalized spacial score (nSPS) is 15.7. The van der Waals surface area contributed by atoms with Gasteiger partial charge in [-0.15, -0.1) is 33.3 Å². The number of fused-ring (bicyclic) bond motifs is 10. The van der Waals surface area contributed by atoms with Gasteiger partial charge in [0, 0.05) is 22.4 Å². The number of hydrazine groups is 1. The second-order valence-corrected chi connectivity index (χ2v) is 11.6. The number of methoxy groups -OCH3 is 1. The average molecular weight is 561 g/mol. The Morgan fingerprint density at radius 1 is 0.900 bits per heavy atom. The number of carbonyl (C=O) groups excluding carboxylic acids is 1. The van der Waals surface area contributed by atoms with E-state index < -0.39 is 0 Å². The molecule has 8 nitrogen and oxygen atoms in total. The fraction of sp³-hybridized carbons (Fsp3) is 0.100. The van der Waals surface area contributed by atoms with Crippen LogP contribution in [0.3, 0.4) is 0 Å². The molecule has 4 heterocycles. The number of rotatable bonds is 4. The Morgan fingerprint density at radius 2 is 1.70 bits per heavy atom. The highest BCUT2D eigenvalue weighted by atomic mass is 32.2. The molecular formula is C30H20N6O2S2. The first-order chi connectivity index (χ1) is 19.7. The highest BCUT2D eigenvalue weighted by Gasteiger charge is 2.34. The van der Waals surface area contributed by atoms with E-state index >= 15 is 0 Å². The molecule has 1 saturated heterocycles. The van der Waals surface area contributed by atoms with Crippen LogP contribution < -0.4 is 10.2 Å². The van der Waals surface area contributed by atoms with Crippen LogP contribution in [0.5, 0.6) is 5.75 Å². The lowest BCUT2D eigenvalue weighted by molar-refractivity contribution is -0.126. The number of carbonyl (C=O) groups is 1. The Bertz CT molecular complexity index is 2130. The van der Waals surface area contributed by atoms with Crippen LogP contribution >= 0.6 is 23.1 Å². The maximum atomic E-state index is 13.2. The molecule has 0 radical (unpaired) electrons. The third-order valence-corrected chi connectivity index (χ3v) is 9.57. The monoisotopic (exact) mass is 560 g/mol.